The van der Waals surface area contributed by atoms with E-state index in [1.54, 1.807) is 11.3 Å². The van der Waals surface area contributed by atoms with E-state index in [0.29, 0.717) is 6.04 Å². The average Bonchev–Trinajstić information content (AvgIpc) is 2.96. The number of oxime groups is 1. The van der Waals surface area contributed by atoms with E-state index in [1.165, 1.54) is 4.88 Å². The van der Waals surface area contributed by atoms with Crippen LogP contribution in [0, 0.1) is 6.92 Å². The minimum Gasteiger partial charge on any atom is -0.409 e. The standard InChI is InChI=1S/C16H21N3OS/c1-11(2)19(10-14-5-4-8-21-14)13-6-7-15(12(3)9-13)16(17)18-20/h4-9,11,20H,10H2,1-3H3,(H2,17,18). The second-order valence-corrected chi connectivity index (χ2v) is 6.32. The molecule has 4 nitrogen and oxygen atoms in total. The Bertz CT molecular complexity index is 620. The van der Waals surface area contributed by atoms with Gasteiger partial charge in [-0.3, -0.25) is 0 Å². The van der Waals surface area contributed by atoms with Gasteiger partial charge in [0.25, 0.3) is 0 Å². The van der Waals surface area contributed by atoms with Crippen molar-refractivity contribution >= 4 is 22.9 Å². The van der Waals surface area contributed by atoms with Gasteiger partial charge in [-0.1, -0.05) is 11.2 Å². The Balaban J connectivity index is 2.31. The molecule has 1 heterocycles. The number of amidine groups is 1. The van der Waals surface area contributed by atoms with E-state index < -0.39 is 0 Å². The van der Waals surface area contributed by atoms with Crippen LogP contribution >= 0.6 is 11.3 Å². The highest BCUT2D eigenvalue weighted by atomic mass is 32.1. The minimum atomic E-state index is 0.147. The molecule has 1 aromatic carbocycles. The smallest absolute Gasteiger partial charge is 0.170 e. The van der Waals surface area contributed by atoms with Gasteiger partial charge in [0.05, 0.1) is 6.54 Å². The summed E-state index contributed by atoms with van der Waals surface area (Å²) < 4.78 is 0. The van der Waals surface area contributed by atoms with Crippen molar-refractivity contribution < 1.29 is 5.21 Å². The normalized spacial score (nSPS) is 11.9. The number of thiophene rings is 1. The van der Waals surface area contributed by atoms with Crippen molar-refractivity contribution in [2.45, 2.75) is 33.4 Å². The summed E-state index contributed by atoms with van der Waals surface area (Å²) in [6, 6.07) is 10.6. The molecule has 0 bridgehead atoms. The van der Waals surface area contributed by atoms with Crippen molar-refractivity contribution in [3.8, 4) is 0 Å². The van der Waals surface area contributed by atoms with Crippen molar-refractivity contribution in [1.29, 1.82) is 0 Å². The summed E-state index contributed by atoms with van der Waals surface area (Å²) in [4.78, 5) is 3.68. The molecule has 0 saturated heterocycles. The van der Waals surface area contributed by atoms with Crippen LogP contribution in [0.1, 0.15) is 29.9 Å². The fourth-order valence-electron chi connectivity index (χ4n) is 2.31. The lowest BCUT2D eigenvalue weighted by Crippen LogP contribution is -2.30. The maximum Gasteiger partial charge on any atom is 0.170 e. The number of nitrogens with zero attached hydrogens (tertiary/aromatic N) is 2. The zero-order chi connectivity index (χ0) is 15.4. The van der Waals surface area contributed by atoms with E-state index >= 15 is 0 Å². The van der Waals surface area contributed by atoms with E-state index in [9.17, 15) is 0 Å². The van der Waals surface area contributed by atoms with Gasteiger partial charge >= 0.3 is 0 Å². The number of aryl methyl sites for hydroxylation is 1. The van der Waals surface area contributed by atoms with Crippen LogP contribution in [0.4, 0.5) is 5.69 Å². The molecule has 0 amide bonds. The second kappa shape index (κ2) is 6.63. The summed E-state index contributed by atoms with van der Waals surface area (Å²) in [5.41, 5.74) is 8.59. The van der Waals surface area contributed by atoms with Crippen LogP contribution in [-0.4, -0.2) is 17.1 Å². The van der Waals surface area contributed by atoms with Crippen LogP contribution in [-0.2, 0) is 6.54 Å². The summed E-state index contributed by atoms with van der Waals surface area (Å²) in [5.74, 6) is 0.147. The first kappa shape index (κ1) is 15.4. The number of rotatable bonds is 5. The molecule has 2 rings (SSSR count). The lowest BCUT2D eigenvalue weighted by molar-refractivity contribution is 0.318. The topological polar surface area (TPSA) is 61.8 Å². The largest absolute Gasteiger partial charge is 0.409 e. The van der Waals surface area contributed by atoms with Crippen molar-refractivity contribution in [1.82, 2.24) is 0 Å². The van der Waals surface area contributed by atoms with Gasteiger partial charge in [0.2, 0.25) is 0 Å². The van der Waals surface area contributed by atoms with Crippen LogP contribution < -0.4 is 10.6 Å². The van der Waals surface area contributed by atoms with Gasteiger partial charge < -0.3 is 15.8 Å². The molecule has 0 aliphatic carbocycles. The summed E-state index contributed by atoms with van der Waals surface area (Å²) in [6.07, 6.45) is 0. The fourth-order valence-corrected chi connectivity index (χ4v) is 3.01. The van der Waals surface area contributed by atoms with Crippen molar-refractivity contribution in [2.24, 2.45) is 10.9 Å². The van der Waals surface area contributed by atoms with Gasteiger partial charge in [0.15, 0.2) is 5.84 Å². The SMILES string of the molecule is Cc1cc(N(Cc2cccs2)C(C)C)ccc1/C(N)=N/O. The number of hydrogen-bond acceptors (Lipinski definition) is 4. The molecule has 21 heavy (non-hydrogen) atoms. The zero-order valence-corrected chi connectivity index (χ0v) is 13.4. The van der Waals surface area contributed by atoms with Gasteiger partial charge in [-0.25, -0.2) is 0 Å². The van der Waals surface area contributed by atoms with E-state index in [4.69, 9.17) is 10.9 Å². The third kappa shape index (κ3) is 3.55. The summed E-state index contributed by atoms with van der Waals surface area (Å²) in [5, 5.41) is 14.0. The Labute approximate surface area is 129 Å². The molecule has 0 spiro atoms. The van der Waals surface area contributed by atoms with Gasteiger partial charge in [0, 0.05) is 22.2 Å². The van der Waals surface area contributed by atoms with Crippen LogP contribution in [0.2, 0.25) is 0 Å². The number of anilines is 1. The highest BCUT2D eigenvalue weighted by Gasteiger charge is 2.14. The van der Waals surface area contributed by atoms with Gasteiger partial charge in [0.1, 0.15) is 0 Å². The van der Waals surface area contributed by atoms with Crippen molar-refractivity contribution in [3.63, 3.8) is 0 Å². The molecule has 0 atom stereocenters. The molecule has 0 aliphatic heterocycles. The molecule has 3 N–H and O–H groups in total. The van der Waals surface area contributed by atoms with Crippen molar-refractivity contribution in [3.05, 3.63) is 51.7 Å². The Hall–Kier alpha value is -2.01. The van der Waals surface area contributed by atoms with Gasteiger partial charge in [-0.15, -0.1) is 11.3 Å². The first-order chi connectivity index (χ1) is 10.0. The van der Waals surface area contributed by atoms with Crippen LogP contribution in [0.5, 0.6) is 0 Å². The molecule has 0 saturated carbocycles. The van der Waals surface area contributed by atoms with E-state index in [-0.39, 0.29) is 5.84 Å². The van der Waals surface area contributed by atoms with E-state index in [0.717, 1.165) is 23.4 Å². The molecular weight excluding hydrogens is 282 g/mol. The number of nitrogens with two attached hydrogens (primary N) is 1. The third-order valence-corrected chi connectivity index (χ3v) is 4.32. The fraction of sp³-hybridized carbons (Fsp3) is 0.312. The first-order valence-corrected chi connectivity index (χ1v) is 7.78. The summed E-state index contributed by atoms with van der Waals surface area (Å²) in [7, 11) is 0. The maximum absolute atomic E-state index is 8.80. The van der Waals surface area contributed by atoms with Gasteiger partial charge in [-0.2, -0.15) is 0 Å². The Morgan fingerprint density at radius 3 is 2.67 bits per heavy atom. The predicted molar refractivity (Wildman–Crippen MR) is 89.3 cm³/mol. The third-order valence-electron chi connectivity index (χ3n) is 3.45. The van der Waals surface area contributed by atoms with Gasteiger partial charge in [-0.05, 0) is 56.0 Å². The summed E-state index contributed by atoms with van der Waals surface area (Å²) in [6.45, 7) is 7.22. The number of hydrogen-bond donors (Lipinski definition) is 2. The molecule has 0 fully saturated rings. The molecular formula is C16H21N3OS. The van der Waals surface area contributed by atoms with Crippen LogP contribution in [0.3, 0.4) is 0 Å². The molecule has 0 unspecified atom stereocenters. The molecule has 0 radical (unpaired) electrons. The zero-order valence-electron chi connectivity index (χ0n) is 12.6. The van der Waals surface area contributed by atoms with Crippen LogP contribution in [0.25, 0.3) is 0 Å². The van der Waals surface area contributed by atoms with Crippen LogP contribution in [0.15, 0.2) is 40.9 Å². The second-order valence-electron chi connectivity index (χ2n) is 5.29. The lowest BCUT2D eigenvalue weighted by atomic mass is 10.1. The van der Waals surface area contributed by atoms with Crippen molar-refractivity contribution in [2.75, 3.05) is 4.90 Å². The minimum absolute atomic E-state index is 0.147. The van der Waals surface area contributed by atoms with E-state index in [2.05, 4.69) is 47.5 Å². The Kier molecular flexibility index (Phi) is 4.85. The quantitative estimate of drug-likeness (QED) is 0.384. The maximum atomic E-state index is 8.80. The Morgan fingerprint density at radius 2 is 2.14 bits per heavy atom. The summed E-state index contributed by atoms with van der Waals surface area (Å²) >= 11 is 1.77. The molecule has 2 aromatic rings. The highest BCUT2D eigenvalue weighted by Crippen LogP contribution is 2.24. The number of benzene rings is 1. The first-order valence-electron chi connectivity index (χ1n) is 6.90. The molecule has 112 valence electrons. The van der Waals surface area contributed by atoms with E-state index in [1.807, 2.05) is 19.1 Å². The molecule has 5 heteroatoms. The lowest BCUT2D eigenvalue weighted by Gasteiger charge is -2.29. The molecule has 0 aliphatic rings. The average molecular weight is 303 g/mol. The predicted octanol–water partition coefficient (Wildman–Crippen LogP) is 3.57. The molecule has 1 aromatic heterocycles. The monoisotopic (exact) mass is 303 g/mol. The highest BCUT2D eigenvalue weighted by molar-refractivity contribution is 7.09. The Morgan fingerprint density at radius 1 is 1.38 bits per heavy atom.